The first-order chi connectivity index (χ1) is 12.6. The molecule has 0 aromatic carbocycles. The average molecular weight is 364 g/mol. The van der Waals surface area contributed by atoms with E-state index in [2.05, 4.69) is 15.4 Å². The minimum atomic E-state index is -0.607. The minimum Gasteiger partial charge on any atom is -0.381 e. The number of hydrogen-bond donors (Lipinski definition) is 2. The van der Waals surface area contributed by atoms with Crippen LogP contribution >= 0.6 is 0 Å². The highest BCUT2D eigenvalue weighted by atomic mass is 16.5. The van der Waals surface area contributed by atoms with Crippen molar-refractivity contribution in [2.24, 2.45) is 11.7 Å². The standard InChI is InChI=1S/C17H28N6O3/c18-15(13-5-9-26-10-6-13)16(25)20-17-19-12-23(21-17)11-14(24)22-7-3-1-2-4-8-22/h12-13,15H,1-11,18H2,(H,20,21,25). The number of carbonyl (C=O) groups excluding carboxylic acids is 2. The summed E-state index contributed by atoms with van der Waals surface area (Å²) >= 11 is 0. The summed E-state index contributed by atoms with van der Waals surface area (Å²) < 4.78 is 6.76. The molecule has 0 spiro atoms. The summed E-state index contributed by atoms with van der Waals surface area (Å²) in [5, 5.41) is 6.83. The van der Waals surface area contributed by atoms with Gasteiger partial charge in [-0.05, 0) is 31.6 Å². The normalized spacial score (nSPS) is 20.4. The molecule has 2 aliphatic rings. The van der Waals surface area contributed by atoms with Gasteiger partial charge in [-0.1, -0.05) is 12.8 Å². The maximum absolute atomic E-state index is 12.4. The number of aromatic nitrogens is 3. The number of nitrogens with two attached hydrogens (primary N) is 1. The van der Waals surface area contributed by atoms with Crippen molar-refractivity contribution in [3.8, 4) is 0 Å². The van der Waals surface area contributed by atoms with E-state index < -0.39 is 6.04 Å². The van der Waals surface area contributed by atoms with Crippen LogP contribution in [0, 0.1) is 5.92 Å². The molecule has 144 valence electrons. The lowest BCUT2D eigenvalue weighted by atomic mass is 9.92. The van der Waals surface area contributed by atoms with Crippen molar-refractivity contribution in [2.45, 2.75) is 51.1 Å². The first-order valence-electron chi connectivity index (χ1n) is 9.45. The van der Waals surface area contributed by atoms with Gasteiger partial charge >= 0.3 is 0 Å². The van der Waals surface area contributed by atoms with Crippen LogP contribution in [0.4, 0.5) is 5.95 Å². The topological polar surface area (TPSA) is 115 Å². The van der Waals surface area contributed by atoms with Crippen molar-refractivity contribution in [3.05, 3.63) is 6.33 Å². The third kappa shape index (κ3) is 5.01. The Balaban J connectivity index is 1.50. The van der Waals surface area contributed by atoms with Crippen molar-refractivity contribution in [1.82, 2.24) is 19.7 Å². The molecule has 2 amide bonds. The quantitative estimate of drug-likeness (QED) is 0.780. The largest absolute Gasteiger partial charge is 0.381 e. The summed E-state index contributed by atoms with van der Waals surface area (Å²) in [6.45, 7) is 3.01. The minimum absolute atomic E-state index is 0.0357. The molecule has 2 saturated heterocycles. The third-order valence-corrected chi connectivity index (χ3v) is 5.10. The first-order valence-corrected chi connectivity index (χ1v) is 9.45. The second-order valence-electron chi connectivity index (χ2n) is 7.03. The molecule has 3 heterocycles. The van der Waals surface area contributed by atoms with Crippen LogP contribution in [-0.2, 0) is 20.9 Å². The summed E-state index contributed by atoms with van der Waals surface area (Å²) in [6, 6.07) is -0.607. The summed E-state index contributed by atoms with van der Waals surface area (Å²) in [5.41, 5.74) is 6.05. The van der Waals surface area contributed by atoms with E-state index in [0.717, 1.165) is 38.8 Å². The van der Waals surface area contributed by atoms with Crippen molar-refractivity contribution >= 4 is 17.8 Å². The van der Waals surface area contributed by atoms with Crippen molar-refractivity contribution in [1.29, 1.82) is 0 Å². The Kier molecular flexibility index (Phi) is 6.56. The molecule has 0 saturated carbocycles. The van der Waals surface area contributed by atoms with E-state index in [9.17, 15) is 9.59 Å². The van der Waals surface area contributed by atoms with Gasteiger partial charge in [-0.25, -0.2) is 9.67 Å². The molecule has 1 atom stereocenters. The molecular weight excluding hydrogens is 336 g/mol. The highest BCUT2D eigenvalue weighted by molar-refractivity contribution is 5.93. The van der Waals surface area contributed by atoms with Crippen LogP contribution in [0.3, 0.4) is 0 Å². The fraction of sp³-hybridized carbons (Fsp3) is 0.765. The lowest BCUT2D eigenvalue weighted by molar-refractivity contribution is -0.132. The Morgan fingerprint density at radius 2 is 1.92 bits per heavy atom. The molecule has 3 rings (SSSR count). The number of nitrogens with one attached hydrogen (secondary N) is 1. The molecule has 0 aliphatic carbocycles. The summed E-state index contributed by atoms with van der Waals surface area (Å²) in [4.78, 5) is 30.6. The number of hydrogen-bond acceptors (Lipinski definition) is 6. The first kappa shape index (κ1) is 18.8. The van der Waals surface area contributed by atoms with Crippen LogP contribution in [0.15, 0.2) is 6.33 Å². The van der Waals surface area contributed by atoms with Gasteiger partial charge < -0.3 is 15.4 Å². The van der Waals surface area contributed by atoms with Crippen molar-refractivity contribution in [3.63, 3.8) is 0 Å². The summed E-state index contributed by atoms with van der Waals surface area (Å²) in [7, 11) is 0. The zero-order chi connectivity index (χ0) is 18.4. The Hall–Kier alpha value is -2.00. The molecule has 1 unspecified atom stereocenters. The highest BCUT2D eigenvalue weighted by Crippen LogP contribution is 2.18. The summed E-state index contributed by atoms with van der Waals surface area (Å²) in [6.07, 6.45) is 7.48. The van der Waals surface area contributed by atoms with Gasteiger partial charge in [0, 0.05) is 26.3 Å². The van der Waals surface area contributed by atoms with Crippen molar-refractivity contribution < 1.29 is 14.3 Å². The van der Waals surface area contributed by atoms with Crippen LogP contribution in [0.25, 0.3) is 0 Å². The summed E-state index contributed by atoms with van der Waals surface area (Å²) in [5.74, 6) is 0.0266. The fourth-order valence-corrected chi connectivity index (χ4v) is 3.47. The van der Waals surface area contributed by atoms with E-state index in [1.54, 1.807) is 0 Å². The average Bonchev–Trinajstić information content (AvgIpc) is 2.92. The molecule has 9 heteroatoms. The smallest absolute Gasteiger partial charge is 0.248 e. The SMILES string of the molecule is NC(C(=O)Nc1ncn(CC(=O)N2CCCCCC2)n1)C1CCOCC1. The number of likely N-dealkylation sites (tertiary alicyclic amines) is 1. The van der Waals surface area contributed by atoms with E-state index in [1.807, 2.05) is 4.90 Å². The lowest BCUT2D eigenvalue weighted by Gasteiger charge is -2.26. The van der Waals surface area contributed by atoms with Gasteiger partial charge in [0.15, 0.2) is 0 Å². The van der Waals surface area contributed by atoms with Gasteiger partial charge in [0.1, 0.15) is 12.9 Å². The Labute approximate surface area is 153 Å². The molecule has 1 aromatic heterocycles. The second kappa shape index (κ2) is 9.09. The molecule has 26 heavy (non-hydrogen) atoms. The van der Waals surface area contributed by atoms with Gasteiger partial charge in [-0.2, -0.15) is 0 Å². The third-order valence-electron chi connectivity index (χ3n) is 5.10. The van der Waals surface area contributed by atoms with Gasteiger partial charge in [0.25, 0.3) is 0 Å². The number of ether oxygens (including phenoxy) is 1. The van der Waals surface area contributed by atoms with Crippen molar-refractivity contribution in [2.75, 3.05) is 31.6 Å². The number of carbonyl (C=O) groups is 2. The fourth-order valence-electron chi connectivity index (χ4n) is 3.47. The van der Waals surface area contributed by atoms with Crippen LogP contribution < -0.4 is 11.1 Å². The van der Waals surface area contributed by atoms with Gasteiger partial charge in [0.2, 0.25) is 17.8 Å². The molecule has 1 aromatic rings. The zero-order valence-electron chi connectivity index (χ0n) is 15.1. The Bertz CT molecular complexity index is 605. The van der Waals surface area contributed by atoms with Gasteiger partial charge in [-0.3, -0.25) is 14.9 Å². The van der Waals surface area contributed by atoms with E-state index in [-0.39, 0.29) is 30.2 Å². The van der Waals surface area contributed by atoms with E-state index in [1.165, 1.54) is 23.9 Å². The van der Waals surface area contributed by atoms with Crippen LogP contribution in [-0.4, -0.2) is 63.8 Å². The second-order valence-corrected chi connectivity index (χ2v) is 7.03. The van der Waals surface area contributed by atoms with E-state index in [4.69, 9.17) is 10.5 Å². The molecular formula is C17H28N6O3. The molecule has 3 N–H and O–H groups in total. The predicted molar refractivity (Wildman–Crippen MR) is 95.2 cm³/mol. The zero-order valence-corrected chi connectivity index (χ0v) is 15.1. The molecule has 0 radical (unpaired) electrons. The predicted octanol–water partition coefficient (Wildman–Crippen LogP) is 0.373. The van der Waals surface area contributed by atoms with Gasteiger partial charge in [-0.15, -0.1) is 5.10 Å². The molecule has 2 aliphatic heterocycles. The highest BCUT2D eigenvalue weighted by Gasteiger charge is 2.27. The van der Waals surface area contributed by atoms with Crippen LogP contribution in [0.5, 0.6) is 0 Å². The van der Waals surface area contributed by atoms with E-state index >= 15 is 0 Å². The van der Waals surface area contributed by atoms with Gasteiger partial charge in [0.05, 0.1) is 6.04 Å². The lowest BCUT2D eigenvalue weighted by Crippen LogP contribution is -2.44. The Morgan fingerprint density at radius 1 is 1.23 bits per heavy atom. The number of nitrogens with zero attached hydrogens (tertiary/aromatic N) is 4. The maximum atomic E-state index is 12.4. The number of anilines is 1. The molecule has 2 fully saturated rings. The molecule has 0 bridgehead atoms. The molecule has 9 nitrogen and oxygen atoms in total. The monoisotopic (exact) mass is 364 g/mol. The maximum Gasteiger partial charge on any atom is 0.248 e. The van der Waals surface area contributed by atoms with Crippen LogP contribution in [0.1, 0.15) is 38.5 Å². The van der Waals surface area contributed by atoms with Crippen LogP contribution in [0.2, 0.25) is 0 Å². The van der Waals surface area contributed by atoms with E-state index in [0.29, 0.717) is 13.2 Å². The number of rotatable bonds is 5. The number of amides is 2. The Morgan fingerprint density at radius 3 is 2.62 bits per heavy atom.